The van der Waals surface area contributed by atoms with Crippen LogP contribution < -0.4 is 5.32 Å². The van der Waals surface area contributed by atoms with Crippen LogP contribution in [0.1, 0.15) is 24.3 Å². The molecule has 2 unspecified atom stereocenters. The Hall–Kier alpha value is -1.69. The third kappa shape index (κ3) is 1.96. The first-order chi connectivity index (χ1) is 8.99. The normalized spacial score (nSPS) is 28.8. The molecule has 2 aliphatic rings. The van der Waals surface area contributed by atoms with E-state index in [1.165, 1.54) is 0 Å². The molecule has 0 aliphatic carbocycles. The van der Waals surface area contributed by atoms with E-state index in [2.05, 4.69) is 5.32 Å². The first-order valence-corrected chi connectivity index (χ1v) is 7.79. The summed E-state index contributed by atoms with van der Waals surface area (Å²) in [5.41, 5.74) is 0.670. The zero-order chi connectivity index (χ0) is 13.6. The standard InChI is InChI=1S/C13H13NO4S/c15-12-7-10(13(16)14-12)8-5-6-19(17,18)11-4-2-1-3-9(8)11/h1-4,8,10H,5-7H2,(H,14,15,16). The average molecular weight is 279 g/mol. The molecule has 1 aromatic carbocycles. The highest BCUT2D eigenvalue weighted by Crippen LogP contribution is 2.40. The quantitative estimate of drug-likeness (QED) is 0.764. The molecule has 2 atom stereocenters. The summed E-state index contributed by atoms with van der Waals surface area (Å²) in [6.45, 7) is 0. The summed E-state index contributed by atoms with van der Waals surface area (Å²) in [5.74, 6) is -1.16. The SMILES string of the molecule is O=C1CC(C2CCS(=O)(=O)c3ccccc32)C(=O)N1. The van der Waals surface area contributed by atoms with E-state index in [9.17, 15) is 18.0 Å². The maximum atomic E-state index is 12.0. The Morgan fingerprint density at radius 2 is 1.84 bits per heavy atom. The van der Waals surface area contributed by atoms with E-state index in [-0.39, 0.29) is 29.9 Å². The van der Waals surface area contributed by atoms with Crippen LogP contribution in [-0.4, -0.2) is 26.0 Å². The summed E-state index contributed by atoms with van der Waals surface area (Å²) in [5, 5.41) is 2.29. The predicted octanol–water partition coefficient (Wildman–Crippen LogP) is 0.610. The van der Waals surface area contributed by atoms with Crippen molar-refractivity contribution in [3.63, 3.8) is 0 Å². The molecule has 1 N–H and O–H groups in total. The molecule has 2 heterocycles. The zero-order valence-electron chi connectivity index (χ0n) is 10.1. The lowest BCUT2D eigenvalue weighted by Crippen LogP contribution is -2.29. The van der Waals surface area contributed by atoms with E-state index < -0.39 is 15.8 Å². The summed E-state index contributed by atoms with van der Waals surface area (Å²) in [7, 11) is -3.25. The van der Waals surface area contributed by atoms with Gasteiger partial charge in [-0.15, -0.1) is 0 Å². The second kappa shape index (κ2) is 4.16. The molecule has 1 saturated heterocycles. The minimum absolute atomic E-state index is 0.0344. The van der Waals surface area contributed by atoms with Gasteiger partial charge >= 0.3 is 0 Å². The van der Waals surface area contributed by atoms with Gasteiger partial charge in [-0.05, 0) is 24.0 Å². The molecular weight excluding hydrogens is 266 g/mol. The van der Waals surface area contributed by atoms with Crippen molar-refractivity contribution in [3.05, 3.63) is 29.8 Å². The number of imide groups is 1. The molecule has 19 heavy (non-hydrogen) atoms. The maximum Gasteiger partial charge on any atom is 0.230 e. The second-order valence-electron chi connectivity index (χ2n) is 4.97. The highest BCUT2D eigenvalue weighted by atomic mass is 32.2. The molecule has 1 fully saturated rings. The lowest BCUT2D eigenvalue weighted by molar-refractivity contribution is -0.126. The molecular formula is C13H13NO4S. The highest BCUT2D eigenvalue weighted by molar-refractivity contribution is 7.91. The fraction of sp³-hybridized carbons (Fsp3) is 0.385. The van der Waals surface area contributed by atoms with Gasteiger partial charge in [0.15, 0.2) is 9.84 Å². The van der Waals surface area contributed by atoms with Crippen LogP contribution in [0.15, 0.2) is 29.2 Å². The summed E-state index contributed by atoms with van der Waals surface area (Å²) < 4.78 is 24.0. The van der Waals surface area contributed by atoms with Crippen LogP contribution in [0.2, 0.25) is 0 Å². The van der Waals surface area contributed by atoms with Gasteiger partial charge in [0.25, 0.3) is 0 Å². The lowest BCUT2D eigenvalue weighted by Gasteiger charge is -2.28. The fourth-order valence-corrected chi connectivity index (χ4v) is 4.58. The average Bonchev–Trinajstić information content (AvgIpc) is 2.69. The van der Waals surface area contributed by atoms with Gasteiger partial charge in [-0.25, -0.2) is 8.42 Å². The number of sulfone groups is 1. The molecule has 1 aromatic rings. The Balaban J connectivity index is 2.06. The molecule has 5 nitrogen and oxygen atoms in total. The van der Waals surface area contributed by atoms with E-state index in [1.807, 2.05) is 0 Å². The first kappa shape index (κ1) is 12.3. The van der Waals surface area contributed by atoms with Gasteiger partial charge in [-0.2, -0.15) is 0 Å². The highest BCUT2D eigenvalue weighted by Gasteiger charge is 2.41. The van der Waals surface area contributed by atoms with Crippen LogP contribution in [-0.2, 0) is 19.4 Å². The van der Waals surface area contributed by atoms with E-state index in [1.54, 1.807) is 24.3 Å². The van der Waals surface area contributed by atoms with Crippen molar-refractivity contribution in [1.82, 2.24) is 5.32 Å². The molecule has 2 aliphatic heterocycles. The molecule has 0 saturated carbocycles. The van der Waals surface area contributed by atoms with Gasteiger partial charge in [-0.1, -0.05) is 18.2 Å². The van der Waals surface area contributed by atoms with Gasteiger partial charge in [-0.3, -0.25) is 14.9 Å². The number of nitrogens with one attached hydrogen (secondary N) is 1. The van der Waals surface area contributed by atoms with Gasteiger partial charge < -0.3 is 0 Å². The van der Waals surface area contributed by atoms with Crippen molar-refractivity contribution in [3.8, 4) is 0 Å². The van der Waals surface area contributed by atoms with Gasteiger partial charge in [0.05, 0.1) is 16.6 Å². The van der Waals surface area contributed by atoms with Gasteiger partial charge in [0, 0.05) is 6.42 Å². The van der Waals surface area contributed by atoms with Gasteiger partial charge in [0.1, 0.15) is 0 Å². The van der Waals surface area contributed by atoms with Crippen LogP contribution in [0.5, 0.6) is 0 Å². The smallest absolute Gasteiger partial charge is 0.230 e. The maximum absolute atomic E-state index is 12.0. The Labute approximate surface area is 110 Å². The molecule has 0 aromatic heterocycles. The van der Waals surface area contributed by atoms with E-state index in [0.29, 0.717) is 16.9 Å². The third-order valence-corrected chi connectivity index (χ3v) is 5.66. The minimum Gasteiger partial charge on any atom is -0.296 e. The van der Waals surface area contributed by atoms with Crippen LogP contribution in [0.25, 0.3) is 0 Å². The Morgan fingerprint density at radius 3 is 2.53 bits per heavy atom. The van der Waals surface area contributed by atoms with Crippen molar-refractivity contribution in [2.24, 2.45) is 5.92 Å². The third-order valence-electron chi connectivity index (χ3n) is 3.84. The van der Waals surface area contributed by atoms with Crippen molar-refractivity contribution in [1.29, 1.82) is 0 Å². The Kier molecular flexibility index (Phi) is 2.70. The number of benzene rings is 1. The van der Waals surface area contributed by atoms with Crippen LogP contribution in [0.3, 0.4) is 0 Å². The number of amides is 2. The van der Waals surface area contributed by atoms with Crippen LogP contribution >= 0.6 is 0 Å². The number of hydrogen-bond acceptors (Lipinski definition) is 4. The summed E-state index contributed by atoms with van der Waals surface area (Å²) >= 11 is 0. The molecule has 100 valence electrons. The molecule has 0 spiro atoms. The van der Waals surface area contributed by atoms with Gasteiger partial charge in [0.2, 0.25) is 11.8 Å². The summed E-state index contributed by atoms with van der Waals surface area (Å²) in [6, 6.07) is 6.76. The zero-order valence-corrected chi connectivity index (χ0v) is 10.9. The fourth-order valence-electron chi connectivity index (χ4n) is 2.93. The minimum atomic E-state index is -3.25. The molecule has 3 rings (SSSR count). The molecule has 2 amide bonds. The summed E-state index contributed by atoms with van der Waals surface area (Å²) in [4.78, 5) is 23.4. The second-order valence-corrected chi connectivity index (χ2v) is 7.05. The molecule has 6 heteroatoms. The number of hydrogen-bond donors (Lipinski definition) is 1. The van der Waals surface area contributed by atoms with E-state index in [0.717, 1.165) is 0 Å². The van der Waals surface area contributed by atoms with Crippen LogP contribution in [0.4, 0.5) is 0 Å². The monoisotopic (exact) mass is 279 g/mol. The predicted molar refractivity (Wildman–Crippen MR) is 67.1 cm³/mol. The van der Waals surface area contributed by atoms with E-state index >= 15 is 0 Å². The topological polar surface area (TPSA) is 80.3 Å². The number of carbonyl (C=O) groups excluding carboxylic acids is 2. The Morgan fingerprint density at radius 1 is 1.11 bits per heavy atom. The molecule has 0 radical (unpaired) electrons. The Bertz CT molecular complexity index is 665. The number of carbonyl (C=O) groups is 2. The largest absolute Gasteiger partial charge is 0.296 e. The van der Waals surface area contributed by atoms with Crippen LogP contribution in [0, 0.1) is 5.92 Å². The molecule has 0 bridgehead atoms. The van der Waals surface area contributed by atoms with Crippen molar-refractivity contribution < 1.29 is 18.0 Å². The lowest BCUT2D eigenvalue weighted by atomic mass is 9.82. The number of fused-ring (bicyclic) bond motifs is 1. The number of rotatable bonds is 1. The van der Waals surface area contributed by atoms with Crippen molar-refractivity contribution >= 4 is 21.7 Å². The first-order valence-electron chi connectivity index (χ1n) is 6.14. The van der Waals surface area contributed by atoms with Crippen molar-refractivity contribution in [2.45, 2.75) is 23.7 Å². The summed E-state index contributed by atoms with van der Waals surface area (Å²) in [6.07, 6.45) is 0.544. The van der Waals surface area contributed by atoms with E-state index in [4.69, 9.17) is 0 Å². The van der Waals surface area contributed by atoms with Crippen molar-refractivity contribution in [2.75, 3.05) is 5.75 Å².